The second-order valence-corrected chi connectivity index (χ2v) is 4.62. The topological polar surface area (TPSA) is 34.1 Å². The van der Waals surface area contributed by atoms with Crippen LogP contribution in [0.15, 0.2) is 41.0 Å². The average molecular weight is 314 g/mol. The van der Waals surface area contributed by atoms with E-state index in [0.717, 1.165) is 21.7 Å². The van der Waals surface area contributed by atoms with Crippen LogP contribution in [0.25, 0.3) is 0 Å². The smallest absolute Gasteiger partial charge is 0.130 e. The number of ether oxygens (including phenoxy) is 1. The molecule has 2 aromatic rings. The fraction of sp³-hybridized carbons (Fsp3) is 0.0833. The molecule has 0 spiro atoms. The minimum Gasteiger partial charge on any atom is -0.497 e. The van der Waals surface area contributed by atoms with Crippen LogP contribution in [0.5, 0.6) is 5.75 Å². The number of aromatic nitrogens is 1. The van der Waals surface area contributed by atoms with Gasteiger partial charge in [-0.1, -0.05) is 11.6 Å². The number of halogens is 2. The maximum absolute atomic E-state index is 5.77. The largest absolute Gasteiger partial charge is 0.497 e. The zero-order chi connectivity index (χ0) is 12.3. The summed E-state index contributed by atoms with van der Waals surface area (Å²) in [5.41, 5.74) is 0.888. The van der Waals surface area contributed by atoms with Gasteiger partial charge in [0.15, 0.2) is 0 Å². The maximum atomic E-state index is 5.77. The first-order chi connectivity index (χ1) is 8.19. The van der Waals surface area contributed by atoms with Gasteiger partial charge in [-0.15, -0.1) is 0 Å². The number of methoxy groups -OCH3 is 1. The number of nitrogens with one attached hydrogen (secondary N) is 1. The molecule has 0 aliphatic heterocycles. The Morgan fingerprint density at radius 2 is 2.12 bits per heavy atom. The van der Waals surface area contributed by atoms with Crippen molar-refractivity contribution >= 4 is 39.0 Å². The molecule has 0 radical (unpaired) electrons. The predicted octanol–water partition coefficient (Wildman–Crippen LogP) is 4.25. The summed E-state index contributed by atoms with van der Waals surface area (Å²) in [6.07, 6.45) is 1.60. The van der Waals surface area contributed by atoms with Gasteiger partial charge in [0.05, 0.1) is 17.8 Å². The minimum absolute atomic E-state index is 0.611. The van der Waals surface area contributed by atoms with E-state index in [9.17, 15) is 0 Å². The first kappa shape index (κ1) is 12.2. The molecule has 0 fully saturated rings. The van der Waals surface area contributed by atoms with Crippen molar-refractivity contribution in [3.05, 3.63) is 46.0 Å². The normalized spacial score (nSPS) is 10.1. The molecule has 17 heavy (non-hydrogen) atoms. The second-order valence-electron chi connectivity index (χ2n) is 3.33. The van der Waals surface area contributed by atoms with E-state index in [-0.39, 0.29) is 0 Å². The molecule has 0 bridgehead atoms. The van der Waals surface area contributed by atoms with Crippen molar-refractivity contribution in [3.63, 3.8) is 0 Å². The van der Waals surface area contributed by atoms with E-state index in [1.54, 1.807) is 19.4 Å². The number of pyridine rings is 1. The Hall–Kier alpha value is -1.26. The maximum Gasteiger partial charge on any atom is 0.130 e. The Kier molecular flexibility index (Phi) is 3.86. The molecule has 3 nitrogen and oxygen atoms in total. The third kappa shape index (κ3) is 3.11. The third-order valence-corrected chi connectivity index (χ3v) is 3.08. The van der Waals surface area contributed by atoms with Crippen LogP contribution in [0.2, 0.25) is 5.02 Å². The number of hydrogen-bond donors (Lipinski definition) is 1. The molecule has 0 amide bonds. The molecule has 1 N–H and O–H groups in total. The minimum atomic E-state index is 0.611. The van der Waals surface area contributed by atoms with Crippen LogP contribution in [0.3, 0.4) is 0 Å². The van der Waals surface area contributed by atoms with Gasteiger partial charge >= 0.3 is 0 Å². The lowest BCUT2D eigenvalue weighted by Crippen LogP contribution is -1.94. The summed E-state index contributed by atoms with van der Waals surface area (Å²) in [7, 11) is 1.63. The highest BCUT2D eigenvalue weighted by Gasteiger charge is 2.03. The summed E-state index contributed by atoms with van der Waals surface area (Å²) in [6, 6.07) is 9.28. The molecule has 1 aromatic heterocycles. The Balaban J connectivity index is 2.25. The summed E-state index contributed by atoms with van der Waals surface area (Å²) < 4.78 is 6.10. The molecule has 0 atom stereocenters. The lowest BCUT2D eigenvalue weighted by atomic mass is 10.3. The summed E-state index contributed by atoms with van der Waals surface area (Å²) >= 11 is 9.23. The van der Waals surface area contributed by atoms with Crippen LogP contribution < -0.4 is 10.1 Å². The summed E-state index contributed by atoms with van der Waals surface area (Å²) in [6.45, 7) is 0. The Morgan fingerprint density at radius 1 is 1.29 bits per heavy atom. The van der Waals surface area contributed by atoms with E-state index in [1.807, 2.05) is 24.3 Å². The van der Waals surface area contributed by atoms with Gasteiger partial charge in [0.1, 0.15) is 11.6 Å². The number of hydrogen-bond acceptors (Lipinski definition) is 3. The van der Waals surface area contributed by atoms with E-state index < -0.39 is 0 Å². The highest BCUT2D eigenvalue weighted by molar-refractivity contribution is 9.10. The fourth-order valence-corrected chi connectivity index (χ4v) is 1.77. The van der Waals surface area contributed by atoms with Crippen molar-refractivity contribution in [2.75, 3.05) is 12.4 Å². The van der Waals surface area contributed by atoms with Crippen LogP contribution in [0.4, 0.5) is 11.5 Å². The van der Waals surface area contributed by atoms with Crippen LogP contribution in [0, 0.1) is 0 Å². The number of benzene rings is 1. The first-order valence-corrected chi connectivity index (χ1v) is 6.08. The van der Waals surface area contributed by atoms with Gasteiger partial charge in [-0.05, 0) is 40.2 Å². The van der Waals surface area contributed by atoms with Gasteiger partial charge in [0.25, 0.3) is 0 Å². The lowest BCUT2D eigenvalue weighted by Gasteiger charge is -2.09. The van der Waals surface area contributed by atoms with Gasteiger partial charge in [-0.25, -0.2) is 4.98 Å². The Bertz CT molecular complexity index is 516. The van der Waals surface area contributed by atoms with Gasteiger partial charge in [-0.2, -0.15) is 0 Å². The predicted molar refractivity (Wildman–Crippen MR) is 73.2 cm³/mol. The quantitative estimate of drug-likeness (QED) is 0.920. The third-order valence-electron chi connectivity index (χ3n) is 2.16. The molecule has 5 heteroatoms. The molecule has 0 saturated heterocycles. The summed E-state index contributed by atoms with van der Waals surface area (Å²) in [4.78, 5) is 4.17. The van der Waals surface area contributed by atoms with Crippen LogP contribution in [-0.2, 0) is 0 Å². The van der Waals surface area contributed by atoms with Crippen LogP contribution >= 0.6 is 27.5 Å². The zero-order valence-corrected chi connectivity index (χ0v) is 11.4. The highest BCUT2D eigenvalue weighted by Crippen LogP contribution is 2.29. The number of nitrogens with zero attached hydrogens (tertiary/aromatic N) is 1. The van der Waals surface area contributed by atoms with Crippen molar-refractivity contribution in [2.45, 2.75) is 0 Å². The van der Waals surface area contributed by atoms with Crippen molar-refractivity contribution in [3.8, 4) is 5.75 Å². The number of anilines is 2. The van der Waals surface area contributed by atoms with Crippen molar-refractivity contribution in [1.29, 1.82) is 0 Å². The van der Waals surface area contributed by atoms with E-state index in [1.165, 1.54) is 0 Å². The molecular formula is C12H10BrClN2O. The lowest BCUT2D eigenvalue weighted by molar-refractivity contribution is 0.415. The molecular weight excluding hydrogens is 304 g/mol. The molecule has 88 valence electrons. The van der Waals surface area contributed by atoms with Crippen molar-refractivity contribution in [2.24, 2.45) is 0 Å². The standard InChI is InChI=1S/C12H10BrClN2O/c1-17-9-3-4-10(13)11(6-9)16-12-5-2-8(14)7-15-12/h2-7H,1H3,(H,15,16). The van der Waals surface area contributed by atoms with Gasteiger partial charge in [0.2, 0.25) is 0 Å². The molecule has 0 aliphatic carbocycles. The molecule has 0 aliphatic rings. The van der Waals surface area contributed by atoms with E-state index in [2.05, 4.69) is 26.2 Å². The van der Waals surface area contributed by atoms with Crippen LogP contribution in [0.1, 0.15) is 0 Å². The second kappa shape index (κ2) is 5.38. The van der Waals surface area contributed by atoms with Gasteiger partial charge in [0, 0.05) is 16.7 Å². The molecule has 2 rings (SSSR count). The molecule has 1 heterocycles. The van der Waals surface area contributed by atoms with E-state index >= 15 is 0 Å². The van der Waals surface area contributed by atoms with Gasteiger partial charge in [-0.3, -0.25) is 0 Å². The monoisotopic (exact) mass is 312 g/mol. The first-order valence-electron chi connectivity index (χ1n) is 4.91. The van der Waals surface area contributed by atoms with Crippen molar-refractivity contribution < 1.29 is 4.74 Å². The van der Waals surface area contributed by atoms with E-state index in [4.69, 9.17) is 16.3 Å². The van der Waals surface area contributed by atoms with Gasteiger partial charge < -0.3 is 10.1 Å². The average Bonchev–Trinajstić information content (AvgIpc) is 2.35. The summed E-state index contributed by atoms with van der Waals surface area (Å²) in [5, 5.41) is 3.79. The van der Waals surface area contributed by atoms with Crippen molar-refractivity contribution in [1.82, 2.24) is 4.98 Å². The summed E-state index contributed by atoms with van der Waals surface area (Å²) in [5.74, 6) is 1.51. The van der Waals surface area contributed by atoms with Crippen LogP contribution in [-0.4, -0.2) is 12.1 Å². The fourth-order valence-electron chi connectivity index (χ4n) is 1.31. The zero-order valence-electron chi connectivity index (χ0n) is 9.08. The molecule has 0 saturated carbocycles. The van der Waals surface area contributed by atoms with E-state index in [0.29, 0.717) is 5.02 Å². The molecule has 1 aromatic carbocycles. The Labute approximate surface area is 113 Å². The number of rotatable bonds is 3. The molecule has 0 unspecified atom stereocenters. The highest BCUT2D eigenvalue weighted by atomic mass is 79.9. The SMILES string of the molecule is COc1ccc(Br)c(Nc2ccc(Cl)cn2)c1. The Morgan fingerprint density at radius 3 is 2.76 bits per heavy atom.